The van der Waals surface area contributed by atoms with E-state index >= 15 is 0 Å². The van der Waals surface area contributed by atoms with Gasteiger partial charge in [0.05, 0.1) is 17.2 Å². The van der Waals surface area contributed by atoms with E-state index in [-0.39, 0.29) is 23.3 Å². The molecule has 0 bridgehead atoms. The lowest BCUT2D eigenvalue weighted by atomic mass is 9.91. The molecule has 8 nitrogen and oxygen atoms in total. The van der Waals surface area contributed by atoms with Gasteiger partial charge in [-0.2, -0.15) is 13.5 Å². The van der Waals surface area contributed by atoms with Crippen molar-refractivity contribution in [2.45, 2.75) is 17.7 Å². The highest BCUT2D eigenvalue weighted by Crippen LogP contribution is 2.29. The van der Waals surface area contributed by atoms with Crippen LogP contribution in [-0.2, 0) is 14.8 Å². The van der Waals surface area contributed by atoms with Crippen molar-refractivity contribution in [3.05, 3.63) is 100 Å². The van der Waals surface area contributed by atoms with Crippen LogP contribution in [0.2, 0.25) is 10.0 Å². The molecule has 0 aliphatic carbocycles. The van der Waals surface area contributed by atoms with Crippen LogP contribution in [0, 0.1) is 0 Å². The molecule has 2 N–H and O–H groups in total. The lowest BCUT2D eigenvalue weighted by molar-refractivity contribution is -0.119. The molecular formula is C24H21Cl2N5O3S. The average Bonchev–Trinajstić information content (AvgIpc) is 3.28. The van der Waals surface area contributed by atoms with E-state index in [1.165, 1.54) is 36.2 Å². The van der Waals surface area contributed by atoms with Gasteiger partial charge in [0.15, 0.2) is 0 Å². The number of hydrogen-bond donors (Lipinski definition) is 2. The summed E-state index contributed by atoms with van der Waals surface area (Å²) >= 11 is 12.0. The summed E-state index contributed by atoms with van der Waals surface area (Å²) in [5, 5.41) is 7.10. The number of nitrogens with one attached hydrogen (secondary N) is 2. The number of rotatable bonds is 4. The van der Waals surface area contributed by atoms with Crippen LogP contribution in [0.25, 0.3) is 0 Å². The van der Waals surface area contributed by atoms with Crippen molar-refractivity contribution in [1.82, 2.24) is 15.9 Å². The minimum absolute atomic E-state index is 0.0512. The van der Waals surface area contributed by atoms with Gasteiger partial charge < -0.3 is 0 Å². The zero-order chi connectivity index (χ0) is 25.0. The normalized spacial score (nSPS) is 16.1. The van der Waals surface area contributed by atoms with Gasteiger partial charge in [-0.1, -0.05) is 65.7 Å². The first kappa shape index (κ1) is 24.7. The third-order valence-corrected chi connectivity index (χ3v) is 6.95. The molecule has 4 rings (SSSR count). The molecule has 35 heavy (non-hydrogen) atoms. The van der Waals surface area contributed by atoms with Gasteiger partial charge in [-0.15, -0.1) is 4.40 Å². The number of guanidine groups is 1. The summed E-state index contributed by atoms with van der Waals surface area (Å²) in [6, 6.07) is 22.6. The SMILES string of the molecule is CC(=O)NN/C(=N\S(=O)(=O)c1ccc(Cl)cc1)N1CC(c2ccccc2)C(c2ccc(Cl)cc2)=N1. The van der Waals surface area contributed by atoms with E-state index in [9.17, 15) is 13.2 Å². The minimum Gasteiger partial charge on any atom is -0.274 e. The highest BCUT2D eigenvalue weighted by molar-refractivity contribution is 7.90. The third kappa shape index (κ3) is 6.00. The van der Waals surface area contributed by atoms with Crippen LogP contribution in [0.1, 0.15) is 24.0 Å². The van der Waals surface area contributed by atoms with Crippen molar-refractivity contribution in [1.29, 1.82) is 0 Å². The summed E-state index contributed by atoms with van der Waals surface area (Å²) in [6.07, 6.45) is 0. The van der Waals surface area contributed by atoms with Crippen molar-refractivity contribution in [3.63, 3.8) is 0 Å². The first-order valence-electron chi connectivity index (χ1n) is 10.5. The zero-order valence-electron chi connectivity index (χ0n) is 18.5. The molecular weight excluding hydrogens is 509 g/mol. The fraction of sp³-hybridized carbons (Fsp3) is 0.125. The fourth-order valence-electron chi connectivity index (χ4n) is 3.51. The number of amides is 1. The fourth-order valence-corrected chi connectivity index (χ4v) is 4.72. The lowest BCUT2D eigenvalue weighted by Crippen LogP contribution is -2.47. The molecule has 0 radical (unpaired) electrons. The van der Waals surface area contributed by atoms with E-state index in [0.717, 1.165) is 11.1 Å². The molecule has 3 aromatic rings. The Labute approximate surface area is 213 Å². The highest BCUT2D eigenvalue weighted by Gasteiger charge is 2.32. The summed E-state index contributed by atoms with van der Waals surface area (Å²) in [7, 11) is -4.14. The van der Waals surface area contributed by atoms with E-state index in [0.29, 0.717) is 15.8 Å². The van der Waals surface area contributed by atoms with Gasteiger partial charge in [0.1, 0.15) is 0 Å². The van der Waals surface area contributed by atoms with Crippen molar-refractivity contribution in [2.24, 2.45) is 9.50 Å². The maximum Gasteiger partial charge on any atom is 0.285 e. The number of halogens is 2. The standard InChI is InChI=1S/C24H21Cl2N5O3S/c1-16(32)27-28-24(30-35(33,34)21-13-11-20(26)12-14-21)31-15-22(17-5-3-2-4-6-17)23(29-31)18-7-9-19(25)10-8-18/h2-14,22H,15H2,1H3,(H,27,32)(H,28,30). The van der Waals surface area contributed by atoms with Crippen LogP contribution in [0.15, 0.2) is 93.3 Å². The van der Waals surface area contributed by atoms with Crippen molar-refractivity contribution in [3.8, 4) is 0 Å². The molecule has 0 saturated carbocycles. The summed E-state index contributed by atoms with van der Waals surface area (Å²) < 4.78 is 30.0. The number of carbonyl (C=O) groups excluding carboxylic acids is 1. The molecule has 1 amide bonds. The number of carbonyl (C=O) groups is 1. The minimum atomic E-state index is -4.14. The van der Waals surface area contributed by atoms with Gasteiger partial charge >= 0.3 is 0 Å². The summed E-state index contributed by atoms with van der Waals surface area (Å²) in [6.45, 7) is 1.57. The Bertz CT molecular complexity index is 1380. The molecule has 1 aliphatic heterocycles. The van der Waals surface area contributed by atoms with E-state index in [4.69, 9.17) is 28.3 Å². The number of benzene rings is 3. The predicted octanol–water partition coefficient (Wildman–Crippen LogP) is 4.18. The van der Waals surface area contributed by atoms with Crippen LogP contribution < -0.4 is 10.9 Å². The molecule has 1 heterocycles. The Balaban J connectivity index is 1.77. The second kappa shape index (κ2) is 10.5. The smallest absolute Gasteiger partial charge is 0.274 e. The Morgan fingerprint density at radius 3 is 2.14 bits per heavy atom. The van der Waals surface area contributed by atoms with Crippen LogP contribution in [0.4, 0.5) is 0 Å². The molecule has 1 aliphatic rings. The molecule has 0 fully saturated rings. The van der Waals surface area contributed by atoms with Gasteiger partial charge in [-0.05, 0) is 47.5 Å². The summed E-state index contributed by atoms with van der Waals surface area (Å²) in [5.74, 6) is -0.776. The molecule has 0 saturated heterocycles. The second-order valence-corrected chi connectivity index (χ2v) is 10.2. The summed E-state index contributed by atoms with van der Waals surface area (Å²) in [4.78, 5) is 11.5. The Kier molecular flexibility index (Phi) is 7.39. The van der Waals surface area contributed by atoms with Crippen LogP contribution in [-0.4, -0.2) is 37.5 Å². The van der Waals surface area contributed by atoms with Crippen molar-refractivity contribution >= 4 is 50.8 Å². The third-order valence-electron chi connectivity index (χ3n) is 5.17. The molecule has 180 valence electrons. The van der Waals surface area contributed by atoms with E-state index in [2.05, 4.69) is 15.2 Å². The Morgan fingerprint density at radius 1 is 0.943 bits per heavy atom. The number of hydrogen-bond acceptors (Lipinski definition) is 4. The maximum atomic E-state index is 13.0. The number of hydrazine groups is 1. The van der Waals surface area contributed by atoms with Crippen LogP contribution >= 0.6 is 23.2 Å². The Hall–Kier alpha value is -3.40. The van der Waals surface area contributed by atoms with Crippen molar-refractivity contribution in [2.75, 3.05) is 6.54 Å². The van der Waals surface area contributed by atoms with Gasteiger partial charge in [0.25, 0.3) is 10.0 Å². The second-order valence-electron chi connectivity index (χ2n) is 7.69. The number of nitrogens with zero attached hydrogens (tertiary/aromatic N) is 3. The first-order chi connectivity index (χ1) is 16.7. The monoisotopic (exact) mass is 529 g/mol. The lowest BCUT2D eigenvalue weighted by Gasteiger charge is -2.19. The maximum absolute atomic E-state index is 13.0. The molecule has 0 aromatic heterocycles. The van der Waals surface area contributed by atoms with Gasteiger partial charge in [0.2, 0.25) is 11.9 Å². The quantitative estimate of drug-likeness (QED) is 0.299. The summed E-state index contributed by atoms with van der Waals surface area (Å²) in [5.41, 5.74) is 7.50. The molecule has 1 atom stereocenters. The Morgan fingerprint density at radius 2 is 1.54 bits per heavy atom. The average molecular weight is 530 g/mol. The van der Waals surface area contributed by atoms with E-state index in [1.807, 2.05) is 42.5 Å². The predicted molar refractivity (Wildman–Crippen MR) is 137 cm³/mol. The first-order valence-corrected chi connectivity index (χ1v) is 12.7. The van der Waals surface area contributed by atoms with Crippen LogP contribution in [0.3, 0.4) is 0 Å². The van der Waals surface area contributed by atoms with E-state index < -0.39 is 15.9 Å². The molecule has 3 aromatic carbocycles. The van der Waals surface area contributed by atoms with Crippen molar-refractivity contribution < 1.29 is 13.2 Å². The van der Waals surface area contributed by atoms with Gasteiger partial charge in [0, 0.05) is 22.9 Å². The topological polar surface area (TPSA) is 103 Å². The largest absolute Gasteiger partial charge is 0.285 e. The molecule has 11 heteroatoms. The number of hydrazone groups is 1. The van der Waals surface area contributed by atoms with Crippen LogP contribution in [0.5, 0.6) is 0 Å². The molecule has 0 spiro atoms. The van der Waals surface area contributed by atoms with Gasteiger partial charge in [-0.25, -0.2) is 5.01 Å². The van der Waals surface area contributed by atoms with Gasteiger partial charge in [-0.3, -0.25) is 15.6 Å². The number of sulfonamides is 1. The highest BCUT2D eigenvalue weighted by atomic mass is 35.5. The molecule has 1 unspecified atom stereocenters. The van der Waals surface area contributed by atoms with E-state index in [1.54, 1.807) is 12.1 Å². The zero-order valence-corrected chi connectivity index (χ0v) is 20.8.